The molecule has 3 aliphatic rings. The van der Waals surface area contributed by atoms with Gasteiger partial charge in [-0.05, 0) is 62.7 Å². The molecule has 40 heavy (non-hydrogen) atoms. The van der Waals surface area contributed by atoms with Gasteiger partial charge in [-0.15, -0.1) is 0 Å². The average Bonchev–Trinajstić information content (AvgIpc) is 3.59. The van der Waals surface area contributed by atoms with Crippen LogP contribution in [0.3, 0.4) is 0 Å². The largest absolute Gasteiger partial charge is 0.396 e. The second-order valence-corrected chi connectivity index (χ2v) is 15.3. The van der Waals surface area contributed by atoms with E-state index in [1.54, 1.807) is 38.2 Å². The van der Waals surface area contributed by atoms with Crippen LogP contribution in [0, 0.1) is 16.0 Å². The molecule has 2 amide bonds. The molecule has 5 atom stereocenters. The Balaban J connectivity index is 1.47. The third-order valence-electron chi connectivity index (χ3n) is 8.51. The highest BCUT2D eigenvalue weighted by molar-refractivity contribution is 6.72. The number of hydrogen-bond donors (Lipinski definition) is 3. The number of hydrogen-bond acceptors (Lipinski definition) is 7. The summed E-state index contributed by atoms with van der Waals surface area (Å²) in [4.78, 5) is 39.4. The van der Waals surface area contributed by atoms with Gasteiger partial charge in [0, 0.05) is 41.4 Å². The van der Waals surface area contributed by atoms with Gasteiger partial charge in [0.25, 0.3) is 11.6 Å². The van der Waals surface area contributed by atoms with Crippen LogP contribution in [0.2, 0.25) is 18.6 Å². The summed E-state index contributed by atoms with van der Waals surface area (Å²) >= 11 is 0. The van der Waals surface area contributed by atoms with E-state index in [0.29, 0.717) is 16.9 Å². The lowest BCUT2D eigenvalue weighted by Crippen LogP contribution is -2.45. The van der Waals surface area contributed by atoms with Crippen LogP contribution < -0.4 is 15.5 Å². The number of non-ortho nitro benzene ring substituents is 1. The first-order valence-electron chi connectivity index (χ1n) is 13.7. The highest BCUT2D eigenvalue weighted by atomic mass is 28.4. The molecule has 10 nitrogen and oxygen atoms in total. The molecular formula is C28H35FN4O6Si. The molecule has 12 heteroatoms. The number of aliphatic hydroxyl groups excluding tert-OH is 1. The van der Waals surface area contributed by atoms with Gasteiger partial charge in [-0.25, -0.2) is 0 Å². The van der Waals surface area contributed by atoms with Crippen molar-refractivity contribution in [3.05, 3.63) is 63.7 Å². The van der Waals surface area contributed by atoms with E-state index in [1.165, 1.54) is 17.0 Å². The number of nitrogens with zero attached hydrogens (tertiary/aromatic N) is 2. The van der Waals surface area contributed by atoms with E-state index in [4.69, 9.17) is 4.74 Å². The minimum absolute atomic E-state index is 0.0869. The minimum Gasteiger partial charge on any atom is -0.396 e. The Labute approximate surface area is 233 Å². The van der Waals surface area contributed by atoms with Crippen molar-refractivity contribution in [2.24, 2.45) is 5.92 Å². The van der Waals surface area contributed by atoms with E-state index in [2.05, 4.69) is 10.6 Å². The molecular weight excluding hydrogens is 535 g/mol. The fourth-order valence-electron chi connectivity index (χ4n) is 6.72. The Morgan fingerprint density at radius 3 is 2.62 bits per heavy atom. The van der Waals surface area contributed by atoms with E-state index in [9.17, 15) is 24.8 Å². The molecule has 0 bridgehead atoms. The molecule has 1 spiro atoms. The molecule has 3 aliphatic heterocycles. The molecule has 2 aromatic carbocycles. The molecule has 0 saturated carbocycles. The summed E-state index contributed by atoms with van der Waals surface area (Å²) in [6, 6.07) is 11.2. The Hall–Kier alpha value is -3.19. The maximum atomic E-state index is 15.6. The number of amides is 2. The zero-order chi connectivity index (χ0) is 28.8. The number of aliphatic hydroxyl groups is 1. The highest BCUT2D eigenvalue weighted by Gasteiger charge is 2.66. The number of anilines is 2. The molecule has 2 aromatic rings. The topological polar surface area (TPSA) is 134 Å². The zero-order valence-electron chi connectivity index (χ0n) is 22.9. The predicted molar refractivity (Wildman–Crippen MR) is 150 cm³/mol. The van der Waals surface area contributed by atoms with Gasteiger partial charge in [0.2, 0.25) is 14.3 Å². The smallest absolute Gasteiger partial charge is 0.269 e. The molecule has 0 radical (unpaired) electrons. The summed E-state index contributed by atoms with van der Waals surface area (Å²) in [7, 11) is -3.37. The van der Waals surface area contributed by atoms with Gasteiger partial charge in [-0.1, -0.05) is 19.1 Å². The number of fused-ring (bicyclic) bond motifs is 2. The normalized spacial score (nSPS) is 27.8. The molecule has 0 aromatic heterocycles. The Kier molecular flexibility index (Phi) is 7.55. The average molecular weight is 571 g/mol. The van der Waals surface area contributed by atoms with Crippen LogP contribution in [0.4, 0.5) is 21.2 Å². The van der Waals surface area contributed by atoms with E-state index in [0.717, 1.165) is 24.9 Å². The second kappa shape index (κ2) is 10.7. The van der Waals surface area contributed by atoms with Crippen molar-refractivity contribution >= 4 is 37.3 Å². The number of ether oxygens (including phenoxy) is 1. The van der Waals surface area contributed by atoms with Crippen molar-refractivity contribution in [3.8, 4) is 0 Å². The van der Waals surface area contributed by atoms with E-state index in [1.807, 2.05) is 12.1 Å². The van der Waals surface area contributed by atoms with Crippen molar-refractivity contribution in [3.63, 3.8) is 0 Å². The Morgan fingerprint density at radius 1 is 1.30 bits per heavy atom. The zero-order valence-corrected chi connectivity index (χ0v) is 23.9. The van der Waals surface area contributed by atoms with Crippen molar-refractivity contribution < 1.29 is 28.5 Å². The third-order valence-corrected chi connectivity index (χ3v) is 11.0. The SMILES string of the molecule is C[C@H]1[C@H]([Si](C)(C)F)[C@@H](CCO)O[C@]12C(=O)N(Cc1ccc(NC(=O)[C@H]3CCCN3)cc1)c1ccc([N+](=O)[O-])cc12. The molecule has 2 saturated heterocycles. The summed E-state index contributed by atoms with van der Waals surface area (Å²) in [6.45, 7) is 5.66. The van der Waals surface area contributed by atoms with Gasteiger partial charge >= 0.3 is 0 Å². The first-order chi connectivity index (χ1) is 19.0. The molecule has 5 rings (SSSR count). The van der Waals surface area contributed by atoms with Crippen LogP contribution in [0.25, 0.3) is 0 Å². The molecule has 3 heterocycles. The van der Waals surface area contributed by atoms with Crippen molar-refractivity contribution in [2.45, 2.75) is 69.1 Å². The van der Waals surface area contributed by atoms with Crippen LogP contribution in [0.5, 0.6) is 0 Å². The number of nitrogens with one attached hydrogen (secondary N) is 2. The Bertz CT molecular complexity index is 1310. The standard InChI is InChI=1S/C28H35FN4O6Si/c1-17-25(40(2,3)29)24(12-14-34)39-28(17)21-15-20(33(37)38)10-11-23(21)32(27(28)36)16-18-6-8-19(9-7-18)31-26(35)22-5-4-13-30-22/h6-11,15,17,22,24-25,30,34H,4-5,12-14,16H2,1-3H3,(H,31,35)/t17-,22+,24+,25-,28+/m0/s1. The lowest BCUT2D eigenvalue weighted by Gasteiger charge is -2.31. The molecule has 214 valence electrons. The maximum absolute atomic E-state index is 15.6. The first kappa shape index (κ1) is 28.3. The number of benzene rings is 2. The number of carbonyl (C=O) groups excluding carboxylic acids is 2. The van der Waals surface area contributed by atoms with E-state index in [-0.39, 0.29) is 37.2 Å². The lowest BCUT2D eigenvalue weighted by atomic mass is 9.82. The highest BCUT2D eigenvalue weighted by Crippen LogP contribution is 2.60. The van der Waals surface area contributed by atoms with Crippen molar-refractivity contribution in [1.82, 2.24) is 5.32 Å². The number of halogens is 1. The molecule has 0 unspecified atom stereocenters. The predicted octanol–water partition coefficient (Wildman–Crippen LogP) is 3.99. The minimum atomic E-state index is -3.37. The van der Waals surface area contributed by atoms with Gasteiger partial charge in [0.1, 0.15) is 0 Å². The number of nitro benzene ring substituents is 1. The maximum Gasteiger partial charge on any atom is 0.269 e. The van der Waals surface area contributed by atoms with E-state index < -0.39 is 42.4 Å². The van der Waals surface area contributed by atoms with Crippen LogP contribution in [-0.2, 0) is 26.5 Å². The summed E-state index contributed by atoms with van der Waals surface area (Å²) in [5.41, 5.74) is -0.108. The fourth-order valence-corrected chi connectivity index (χ4v) is 9.26. The number of rotatable bonds is 8. The van der Waals surface area contributed by atoms with Gasteiger partial charge in [-0.2, -0.15) is 0 Å². The number of nitro groups is 1. The van der Waals surface area contributed by atoms with Gasteiger partial charge in [0.15, 0.2) is 5.60 Å². The van der Waals surface area contributed by atoms with Gasteiger partial charge in [0.05, 0.1) is 29.3 Å². The quantitative estimate of drug-likeness (QED) is 0.189. The summed E-state index contributed by atoms with van der Waals surface area (Å²) in [5, 5.41) is 27.4. The van der Waals surface area contributed by atoms with Gasteiger partial charge in [-0.3, -0.25) is 19.7 Å². The summed E-state index contributed by atoms with van der Waals surface area (Å²) in [5.74, 6) is -1.09. The van der Waals surface area contributed by atoms with Crippen LogP contribution >= 0.6 is 0 Å². The third kappa shape index (κ3) is 4.82. The van der Waals surface area contributed by atoms with Crippen molar-refractivity contribution in [1.29, 1.82) is 0 Å². The van der Waals surface area contributed by atoms with E-state index >= 15 is 4.11 Å². The molecule has 3 N–H and O–H groups in total. The van der Waals surface area contributed by atoms with Crippen LogP contribution in [0.1, 0.15) is 37.3 Å². The molecule has 2 fully saturated rings. The summed E-state index contributed by atoms with van der Waals surface area (Å²) in [6.07, 6.45) is 1.23. The number of carbonyl (C=O) groups is 2. The lowest BCUT2D eigenvalue weighted by molar-refractivity contribution is -0.385. The second-order valence-electron chi connectivity index (χ2n) is 11.5. The van der Waals surface area contributed by atoms with Crippen molar-refractivity contribution in [2.75, 3.05) is 23.4 Å². The van der Waals surface area contributed by atoms with Crippen LogP contribution in [-0.4, -0.2) is 55.5 Å². The Morgan fingerprint density at radius 2 is 2.02 bits per heavy atom. The van der Waals surface area contributed by atoms with Crippen LogP contribution in [0.15, 0.2) is 42.5 Å². The van der Waals surface area contributed by atoms with Gasteiger partial charge < -0.3 is 29.5 Å². The summed E-state index contributed by atoms with van der Waals surface area (Å²) < 4.78 is 22.1. The fraction of sp³-hybridized carbons (Fsp3) is 0.500. The first-order valence-corrected chi connectivity index (χ1v) is 16.6. The molecule has 0 aliphatic carbocycles. The monoisotopic (exact) mass is 570 g/mol.